The Morgan fingerprint density at radius 3 is 2.89 bits per heavy atom. The molecule has 19 heavy (non-hydrogen) atoms. The third kappa shape index (κ3) is 2.98. The van der Waals surface area contributed by atoms with Crippen LogP contribution in [0.15, 0.2) is 28.8 Å². The molecule has 0 amide bonds. The zero-order valence-corrected chi connectivity index (χ0v) is 10.6. The van der Waals surface area contributed by atoms with E-state index in [1.165, 1.54) is 12.1 Å². The number of halogens is 1. The standard InChI is InChI=1S/C14H16FN3O/c15-12-5-3-10(4-6-12)8-13-17-14(19-18-13)11-2-1-7-16-9-11/h3-6,11,16H,1-2,7-9H2/t11-/m0/s1. The molecule has 1 aromatic carbocycles. The van der Waals surface area contributed by atoms with E-state index in [0.717, 1.165) is 31.5 Å². The Morgan fingerprint density at radius 1 is 1.32 bits per heavy atom. The second kappa shape index (κ2) is 5.48. The Morgan fingerprint density at radius 2 is 2.16 bits per heavy atom. The summed E-state index contributed by atoms with van der Waals surface area (Å²) in [6, 6.07) is 6.38. The van der Waals surface area contributed by atoms with Gasteiger partial charge in [-0.3, -0.25) is 0 Å². The van der Waals surface area contributed by atoms with Crippen molar-refractivity contribution in [3.63, 3.8) is 0 Å². The predicted octanol–water partition coefficient (Wildman–Crippen LogP) is 2.27. The lowest BCUT2D eigenvalue weighted by molar-refractivity contribution is 0.320. The van der Waals surface area contributed by atoms with Gasteiger partial charge in [-0.15, -0.1) is 0 Å². The van der Waals surface area contributed by atoms with Crippen LogP contribution in [-0.4, -0.2) is 23.2 Å². The van der Waals surface area contributed by atoms with Crippen molar-refractivity contribution in [2.75, 3.05) is 13.1 Å². The molecule has 3 rings (SSSR count). The Hall–Kier alpha value is -1.75. The van der Waals surface area contributed by atoms with Crippen LogP contribution >= 0.6 is 0 Å². The number of benzene rings is 1. The topological polar surface area (TPSA) is 51.0 Å². The van der Waals surface area contributed by atoms with E-state index >= 15 is 0 Å². The first-order valence-electron chi connectivity index (χ1n) is 6.59. The van der Waals surface area contributed by atoms with Gasteiger partial charge in [-0.2, -0.15) is 4.98 Å². The summed E-state index contributed by atoms with van der Waals surface area (Å²) in [5.41, 5.74) is 0.982. The number of hydrogen-bond acceptors (Lipinski definition) is 4. The Labute approximate surface area is 111 Å². The van der Waals surface area contributed by atoms with Gasteiger partial charge in [0, 0.05) is 13.0 Å². The number of piperidine rings is 1. The molecule has 0 aliphatic carbocycles. The van der Waals surface area contributed by atoms with Gasteiger partial charge in [0.1, 0.15) is 5.82 Å². The SMILES string of the molecule is Fc1ccc(Cc2noc([C@H]3CCCNC3)n2)cc1. The normalized spacial score (nSPS) is 19.5. The maximum absolute atomic E-state index is 12.8. The zero-order valence-electron chi connectivity index (χ0n) is 10.6. The zero-order chi connectivity index (χ0) is 13.1. The molecule has 0 bridgehead atoms. The van der Waals surface area contributed by atoms with Gasteiger partial charge in [0.25, 0.3) is 0 Å². The fourth-order valence-corrected chi connectivity index (χ4v) is 2.35. The average molecular weight is 261 g/mol. The first-order chi connectivity index (χ1) is 9.31. The molecule has 1 fully saturated rings. The summed E-state index contributed by atoms with van der Waals surface area (Å²) in [6.45, 7) is 1.96. The van der Waals surface area contributed by atoms with Crippen molar-refractivity contribution in [3.8, 4) is 0 Å². The number of rotatable bonds is 3. The second-order valence-electron chi connectivity index (χ2n) is 4.90. The monoisotopic (exact) mass is 261 g/mol. The Bertz CT molecular complexity index is 532. The van der Waals surface area contributed by atoms with Crippen molar-refractivity contribution >= 4 is 0 Å². The number of aromatic nitrogens is 2. The molecule has 1 aromatic heterocycles. The molecule has 0 radical (unpaired) electrons. The molecule has 5 heteroatoms. The molecule has 2 heterocycles. The minimum absolute atomic E-state index is 0.231. The highest BCUT2D eigenvalue weighted by molar-refractivity contribution is 5.19. The molecule has 4 nitrogen and oxygen atoms in total. The lowest BCUT2D eigenvalue weighted by Crippen LogP contribution is -2.28. The van der Waals surface area contributed by atoms with E-state index < -0.39 is 0 Å². The van der Waals surface area contributed by atoms with Gasteiger partial charge in [-0.25, -0.2) is 4.39 Å². The summed E-state index contributed by atoms with van der Waals surface area (Å²) in [7, 11) is 0. The minimum Gasteiger partial charge on any atom is -0.339 e. The molecule has 2 aromatic rings. The Balaban J connectivity index is 1.68. The molecule has 0 saturated carbocycles. The van der Waals surface area contributed by atoms with Crippen molar-refractivity contribution in [1.29, 1.82) is 0 Å². The fraction of sp³-hybridized carbons (Fsp3) is 0.429. The maximum atomic E-state index is 12.8. The van der Waals surface area contributed by atoms with Gasteiger partial charge in [-0.1, -0.05) is 17.3 Å². The van der Waals surface area contributed by atoms with Crippen LogP contribution < -0.4 is 5.32 Å². The second-order valence-corrected chi connectivity index (χ2v) is 4.90. The Kier molecular flexibility index (Phi) is 3.55. The summed E-state index contributed by atoms with van der Waals surface area (Å²) in [4.78, 5) is 4.44. The third-order valence-electron chi connectivity index (χ3n) is 3.41. The summed E-state index contributed by atoms with van der Waals surface area (Å²) in [5, 5.41) is 7.33. The van der Waals surface area contributed by atoms with E-state index in [4.69, 9.17) is 4.52 Å². The van der Waals surface area contributed by atoms with Gasteiger partial charge < -0.3 is 9.84 Å². The highest BCUT2D eigenvalue weighted by Gasteiger charge is 2.21. The average Bonchev–Trinajstić information content (AvgIpc) is 2.91. The van der Waals surface area contributed by atoms with Gasteiger partial charge in [-0.05, 0) is 37.1 Å². The number of nitrogens with one attached hydrogen (secondary N) is 1. The summed E-state index contributed by atoms with van der Waals surface area (Å²) >= 11 is 0. The van der Waals surface area contributed by atoms with E-state index in [9.17, 15) is 4.39 Å². The van der Waals surface area contributed by atoms with E-state index in [1.807, 2.05) is 0 Å². The molecule has 1 saturated heterocycles. The first kappa shape index (κ1) is 12.3. The van der Waals surface area contributed by atoms with Gasteiger partial charge in [0.2, 0.25) is 5.89 Å². The smallest absolute Gasteiger partial charge is 0.231 e. The van der Waals surface area contributed by atoms with E-state index in [2.05, 4.69) is 15.5 Å². The summed E-state index contributed by atoms with van der Waals surface area (Å²) < 4.78 is 18.1. The molecule has 0 unspecified atom stereocenters. The van der Waals surface area contributed by atoms with E-state index in [-0.39, 0.29) is 5.82 Å². The van der Waals surface area contributed by atoms with Crippen LogP contribution in [0.25, 0.3) is 0 Å². The maximum Gasteiger partial charge on any atom is 0.231 e. The molecule has 1 aliphatic rings. The lowest BCUT2D eigenvalue weighted by Gasteiger charge is -2.18. The third-order valence-corrected chi connectivity index (χ3v) is 3.41. The van der Waals surface area contributed by atoms with Crippen LogP contribution in [0.5, 0.6) is 0 Å². The fourth-order valence-electron chi connectivity index (χ4n) is 2.35. The van der Waals surface area contributed by atoms with Crippen LogP contribution in [0.4, 0.5) is 4.39 Å². The largest absolute Gasteiger partial charge is 0.339 e. The van der Waals surface area contributed by atoms with Crippen molar-refractivity contribution in [2.24, 2.45) is 0 Å². The summed E-state index contributed by atoms with van der Waals surface area (Å²) in [5.74, 6) is 1.46. The molecule has 1 atom stereocenters. The van der Waals surface area contributed by atoms with E-state index in [0.29, 0.717) is 24.1 Å². The van der Waals surface area contributed by atoms with Gasteiger partial charge in [0.15, 0.2) is 5.82 Å². The first-order valence-corrected chi connectivity index (χ1v) is 6.59. The predicted molar refractivity (Wildman–Crippen MR) is 68.3 cm³/mol. The molecular weight excluding hydrogens is 245 g/mol. The van der Waals surface area contributed by atoms with Crippen molar-refractivity contribution in [1.82, 2.24) is 15.5 Å². The molecule has 0 spiro atoms. The quantitative estimate of drug-likeness (QED) is 0.920. The van der Waals surface area contributed by atoms with Crippen LogP contribution in [0, 0.1) is 5.82 Å². The van der Waals surface area contributed by atoms with Crippen LogP contribution in [0.2, 0.25) is 0 Å². The number of hydrogen-bond donors (Lipinski definition) is 1. The van der Waals surface area contributed by atoms with Crippen molar-refractivity contribution in [2.45, 2.75) is 25.2 Å². The minimum atomic E-state index is -0.231. The lowest BCUT2D eigenvalue weighted by atomic mass is 10.00. The summed E-state index contributed by atoms with van der Waals surface area (Å²) in [6.07, 6.45) is 2.80. The van der Waals surface area contributed by atoms with Crippen LogP contribution in [0.3, 0.4) is 0 Å². The van der Waals surface area contributed by atoms with Crippen LogP contribution in [-0.2, 0) is 6.42 Å². The highest BCUT2D eigenvalue weighted by atomic mass is 19.1. The molecule has 100 valence electrons. The molecule has 1 N–H and O–H groups in total. The number of nitrogens with zero attached hydrogens (tertiary/aromatic N) is 2. The van der Waals surface area contributed by atoms with E-state index in [1.54, 1.807) is 12.1 Å². The highest BCUT2D eigenvalue weighted by Crippen LogP contribution is 2.21. The molecular formula is C14H16FN3O. The van der Waals surface area contributed by atoms with Crippen molar-refractivity contribution < 1.29 is 8.91 Å². The van der Waals surface area contributed by atoms with Gasteiger partial charge >= 0.3 is 0 Å². The van der Waals surface area contributed by atoms with Gasteiger partial charge in [0.05, 0.1) is 5.92 Å². The van der Waals surface area contributed by atoms with Crippen molar-refractivity contribution in [3.05, 3.63) is 47.4 Å². The van der Waals surface area contributed by atoms with Crippen LogP contribution in [0.1, 0.15) is 36.0 Å². The molecule has 1 aliphatic heterocycles.